The Balaban J connectivity index is 1.39. The Morgan fingerprint density at radius 3 is 1.80 bits per heavy atom. The Hall–Kier alpha value is -6.83. The van der Waals surface area contributed by atoms with Crippen molar-refractivity contribution in [3.8, 4) is 50.7 Å². The summed E-state index contributed by atoms with van der Waals surface area (Å²) in [6, 6.07) is 51.1. The summed E-state index contributed by atoms with van der Waals surface area (Å²) in [4.78, 5) is 14.4. The molecule has 0 bridgehead atoms. The van der Waals surface area contributed by atoms with Crippen LogP contribution in [0.15, 0.2) is 170 Å². The second-order valence-electron chi connectivity index (χ2n) is 15.3. The summed E-state index contributed by atoms with van der Waals surface area (Å²) in [6.07, 6.45) is 9.74. The molecule has 4 heteroatoms. The fourth-order valence-electron chi connectivity index (χ4n) is 7.85. The normalized spacial score (nSPS) is 14.0. The quantitative estimate of drug-likeness (QED) is 0.161. The molecule has 4 nitrogen and oxygen atoms in total. The highest BCUT2D eigenvalue weighted by molar-refractivity contribution is 6.11. The van der Waals surface area contributed by atoms with Gasteiger partial charge in [0.15, 0.2) is 11.5 Å². The molecule has 1 aliphatic rings. The first-order chi connectivity index (χ1) is 26.9. The number of nitrogens with zero attached hydrogens (tertiary/aromatic N) is 4. The van der Waals surface area contributed by atoms with Gasteiger partial charge in [0.05, 0.1) is 34.7 Å². The molecule has 1 unspecified atom stereocenters. The molecule has 55 heavy (non-hydrogen) atoms. The predicted octanol–water partition coefficient (Wildman–Crippen LogP) is 13.7. The molecule has 0 amide bonds. The van der Waals surface area contributed by atoms with Gasteiger partial charge in [0.25, 0.3) is 0 Å². The van der Waals surface area contributed by atoms with Crippen LogP contribution in [-0.4, -0.2) is 14.5 Å². The van der Waals surface area contributed by atoms with Crippen LogP contribution in [0.4, 0.5) is 5.69 Å². The maximum atomic E-state index is 7.89. The zero-order valence-corrected chi connectivity index (χ0v) is 31.2. The van der Waals surface area contributed by atoms with Crippen LogP contribution >= 0.6 is 0 Å². The van der Waals surface area contributed by atoms with Crippen LogP contribution in [0.5, 0.6) is 0 Å². The Kier molecular flexibility index (Phi) is 8.56. The lowest BCUT2D eigenvalue weighted by molar-refractivity contribution is 0.591. The van der Waals surface area contributed by atoms with Crippen molar-refractivity contribution in [3.05, 3.63) is 192 Å². The SMILES string of the molecule is [C-]#[N+]c1ccc2c(c1)c1cc(C(C)(C)C)ccc1n2-c1c(-c2ccccc2)cc(-c2nc(-c3ccccc3)cc(-c3ccccc3)n2)cc1C1C=CC=CC1. The molecule has 2 aromatic heterocycles. The topological polar surface area (TPSA) is 35.1 Å². The first kappa shape index (κ1) is 34.0. The van der Waals surface area contributed by atoms with Gasteiger partial charge in [0, 0.05) is 33.6 Å². The fraction of sp³-hybridized carbons (Fsp3) is 0.118. The minimum atomic E-state index is -0.0336. The summed E-state index contributed by atoms with van der Waals surface area (Å²) in [5, 5.41) is 2.22. The number of fused-ring (bicyclic) bond motifs is 3. The van der Waals surface area contributed by atoms with Gasteiger partial charge in [-0.25, -0.2) is 14.8 Å². The average Bonchev–Trinajstić information content (AvgIpc) is 3.56. The molecule has 0 N–H and O–H groups in total. The first-order valence-corrected chi connectivity index (χ1v) is 18.9. The lowest BCUT2D eigenvalue weighted by Gasteiger charge is -2.25. The van der Waals surface area contributed by atoms with E-state index in [1.807, 2.05) is 18.2 Å². The van der Waals surface area contributed by atoms with E-state index in [0.717, 1.165) is 73.1 Å². The largest absolute Gasteiger partial charge is 0.308 e. The molecule has 1 atom stereocenters. The number of aromatic nitrogens is 3. The molecule has 0 saturated heterocycles. The number of hydrogen-bond donors (Lipinski definition) is 0. The summed E-state index contributed by atoms with van der Waals surface area (Å²) in [5.74, 6) is 0.788. The summed E-state index contributed by atoms with van der Waals surface area (Å²) < 4.78 is 2.44. The Labute approximate surface area is 322 Å². The smallest absolute Gasteiger partial charge is 0.188 e. The van der Waals surface area contributed by atoms with Crippen LogP contribution in [0.25, 0.3) is 77.4 Å². The molecule has 8 aromatic rings. The zero-order chi connectivity index (χ0) is 37.5. The molecular weight excluding hydrogens is 669 g/mol. The summed E-state index contributed by atoms with van der Waals surface area (Å²) in [5.41, 5.74) is 13.4. The van der Waals surface area contributed by atoms with Gasteiger partial charge in [-0.2, -0.15) is 0 Å². The number of benzene rings is 6. The molecule has 6 aromatic carbocycles. The molecular formula is C51H40N4. The number of allylic oxidation sites excluding steroid dienone is 4. The third-order valence-electron chi connectivity index (χ3n) is 10.7. The van der Waals surface area contributed by atoms with E-state index < -0.39 is 0 Å². The minimum absolute atomic E-state index is 0.0336. The van der Waals surface area contributed by atoms with E-state index in [2.05, 4.69) is 182 Å². The van der Waals surface area contributed by atoms with Crippen molar-refractivity contribution in [1.82, 2.24) is 14.5 Å². The van der Waals surface area contributed by atoms with E-state index in [1.165, 1.54) is 11.1 Å². The van der Waals surface area contributed by atoms with Crippen LogP contribution in [0.2, 0.25) is 0 Å². The molecule has 0 spiro atoms. The summed E-state index contributed by atoms with van der Waals surface area (Å²) >= 11 is 0. The third-order valence-corrected chi connectivity index (χ3v) is 10.7. The van der Waals surface area contributed by atoms with Gasteiger partial charge < -0.3 is 4.57 Å². The Morgan fingerprint density at radius 2 is 1.22 bits per heavy atom. The Morgan fingerprint density at radius 1 is 0.618 bits per heavy atom. The van der Waals surface area contributed by atoms with E-state index in [9.17, 15) is 0 Å². The molecule has 9 rings (SSSR count). The van der Waals surface area contributed by atoms with Crippen molar-refractivity contribution >= 4 is 27.5 Å². The maximum Gasteiger partial charge on any atom is 0.188 e. The van der Waals surface area contributed by atoms with Gasteiger partial charge >= 0.3 is 0 Å². The molecule has 0 aliphatic heterocycles. The monoisotopic (exact) mass is 708 g/mol. The van der Waals surface area contributed by atoms with E-state index >= 15 is 0 Å². The standard InChI is InChI=1S/C51H40N4/c1-51(2,3)39-25-27-47-43(31-39)44-32-40(52-4)26-28-48(44)55(47)49-41(34-17-9-5-10-18-34)29-38(30-42(49)35-19-11-6-12-20-35)50-53-45(36-21-13-7-14-22-36)33-46(54-50)37-23-15-8-16-24-37/h5-19,21-33,35H,20H2,1-3H3. The van der Waals surface area contributed by atoms with E-state index in [0.29, 0.717) is 11.5 Å². The summed E-state index contributed by atoms with van der Waals surface area (Å²) in [7, 11) is 0. The van der Waals surface area contributed by atoms with Gasteiger partial charge in [-0.15, -0.1) is 0 Å². The van der Waals surface area contributed by atoms with Crippen molar-refractivity contribution in [2.24, 2.45) is 0 Å². The molecule has 0 fully saturated rings. The van der Waals surface area contributed by atoms with E-state index in [4.69, 9.17) is 16.5 Å². The van der Waals surface area contributed by atoms with Gasteiger partial charge in [-0.1, -0.05) is 148 Å². The van der Waals surface area contributed by atoms with Crippen molar-refractivity contribution in [3.63, 3.8) is 0 Å². The second-order valence-corrected chi connectivity index (χ2v) is 15.3. The average molecular weight is 709 g/mol. The summed E-state index contributed by atoms with van der Waals surface area (Å²) in [6.45, 7) is 14.7. The van der Waals surface area contributed by atoms with Gasteiger partial charge in [0.2, 0.25) is 0 Å². The third kappa shape index (κ3) is 6.34. The minimum Gasteiger partial charge on any atom is -0.308 e. The fourth-order valence-corrected chi connectivity index (χ4v) is 7.85. The predicted molar refractivity (Wildman–Crippen MR) is 229 cm³/mol. The van der Waals surface area contributed by atoms with Crippen molar-refractivity contribution in [2.75, 3.05) is 0 Å². The molecule has 0 radical (unpaired) electrons. The lowest BCUT2D eigenvalue weighted by Crippen LogP contribution is -2.11. The van der Waals surface area contributed by atoms with E-state index in [1.54, 1.807) is 0 Å². The lowest BCUT2D eigenvalue weighted by atomic mass is 9.85. The zero-order valence-electron chi connectivity index (χ0n) is 31.2. The van der Waals surface area contributed by atoms with Crippen LogP contribution in [0, 0.1) is 6.57 Å². The first-order valence-electron chi connectivity index (χ1n) is 18.9. The van der Waals surface area contributed by atoms with Gasteiger partial charge in [-0.05, 0) is 76.4 Å². The van der Waals surface area contributed by atoms with E-state index in [-0.39, 0.29) is 11.3 Å². The van der Waals surface area contributed by atoms with Gasteiger partial charge in [-0.3, -0.25) is 0 Å². The Bertz CT molecular complexity index is 2760. The molecule has 2 heterocycles. The number of rotatable bonds is 6. The van der Waals surface area contributed by atoms with Crippen LogP contribution in [0.1, 0.15) is 44.2 Å². The maximum absolute atomic E-state index is 7.89. The molecule has 1 aliphatic carbocycles. The highest BCUT2D eigenvalue weighted by Gasteiger charge is 2.26. The van der Waals surface area contributed by atoms with Crippen LogP contribution in [-0.2, 0) is 5.41 Å². The highest BCUT2D eigenvalue weighted by Crippen LogP contribution is 2.45. The molecule has 0 saturated carbocycles. The van der Waals surface area contributed by atoms with Crippen molar-refractivity contribution in [2.45, 2.75) is 38.5 Å². The number of hydrogen-bond acceptors (Lipinski definition) is 2. The van der Waals surface area contributed by atoms with Crippen molar-refractivity contribution < 1.29 is 0 Å². The molecule has 264 valence electrons. The van der Waals surface area contributed by atoms with Gasteiger partial charge in [0.1, 0.15) is 0 Å². The highest BCUT2D eigenvalue weighted by atomic mass is 15.0. The van der Waals surface area contributed by atoms with Crippen LogP contribution in [0.3, 0.4) is 0 Å². The second kappa shape index (κ2) is 13.9. The van der Waals surface area contributed by atoms with Crippen molar-refractivity contribution in [1.29, 1.82) is 0 Å². The van der Waals surface area contributed by atoms with Crippen LogP contribution < -0.4 is 0 Å².